The van der Waals surface area contributed by atoms with Gasteiger partial charge in [0.25, 0.3) is 0 Å². The molecule has 4 bridgehead atoms. The Morgan fingerprint density at radius 1 is 0.947 bits per heavy atom. The molecule has 2 heteroatoms. The summed E-state index contributed by atoms with van der Waals surface area (Å²) in [5.74, 6) is 3.01. The van der Waals surface area contributed by atoms with Crippen LogP contribution in [0.2, 0.25) is 0 Å². The zero-order valence-electron chi connectivity index (χ0n) is 11.8. The van der Waals surface area contributed by atoms with Crippen LogP contribution in [-0.4, -0.2) is 12.6 Å². The van der Waals surface area contributed by atoms with Gasteiger partial charge in [-0.25, -0.2) is 0 Å². The Kier molecular flexibility index (Phi) is 2.39. The van der Waals surface area contributed by atoms with Crippen LogP contribution in [-0.2, 0) is 0 Å². The predicted octanol–water partition coefficient (Wildman–Crippen LogP) is 3.67. The lowest BCUT2D eigenvalue weighted by Crippen LogP contribution is -2.59. The summed E-state index contributed by atoms with van der Waals surface area (Å²) in [6, 6.07) is 8.44. The molecule has 4 fully saturated rings. The first-order valence-electron chi connectivity index (χ1n) is 7.74. The van der Waals surface area contributed by atoms with Crippen LogP contribution in [0.1, 0.15) is 38.5 Å². The first-order chi connectivity index (χ1) is 9.14. The van der Waals surface area contributed by atoms with Crippen molar-refractivity contribution in [3.05, 3.63) is 24.3 Å². The fraction of sp³-hybridized carbons (Fsp3) is 0.647. The number of rotatable bonds is 2. The molecule has 4 aliphatic carbocycles. The summed E-state index contributed by atoms with van der Waals surface area (Å²) in [4.78, 5) is 2.58. The van der Waals surface area contributed by atoms with Crippen molar-refractivity contribution in [1.82, 2.24) is 0 Å². The van der Waals surface area contributed by atoms with Gasteiger partial charge in [0.1, 0.15) is 0 Å². The maximum Gasteiger partial charge on any atom is 0.0407 e. The Morgan fingerprint density at radius 2 is 1.42 bits per heavy atom. The maximum atomic E-state index is 5.81. The number of nitrogens with two attached hydrogens (primary N) is 1. The second kappa shape index (κ2) is 3.91. The molecule has 19 heavy (non-hydrogen) atoms. The smallest absolute Gasteiger partial charge is 0.0407 e. The van der Waals surface area contributed by atoms with E-state index in [1.165, 1.54) is 44.2 Å². The average Bonchev–Trinajstić information content (AvgIpc) is 2.37. The van der Waals surface area contributed by atoms with E-state index >= 15 is 0 Å². The van der Waals surface area contributed by atoms with Crippen LogP contribution in [0.25, 0.3) is 0 Å². The standard InChI is InChI=1S/C17H24N2/c1-19(16-4-2-15(18)3-5-16)17-9-12-6-13(10-17)8-14(7-12)11-17/h2-5,12-14H,6-11,18H2,1H3. The molecule has 1 aromatic carbocycles. The van der Waals surface area contributed by atoms with Gasteiger partial charge in [0, 0.05) is 24.0 Å². The Morgan fingerprint density at radius 3 is 1.89 bits per heavy atom. The second-order valence-corrected chi connectivity index (χ2v) is 7.29. The Balaban J connectivity index is 1.65. The van der Waals surface area contributed by atoms with Crippen molar-refractivity contribution in [3.8, 4) is 0 Å². The van der Waals surface area contributed by atoms with Crippen LogP contribution in [0.15, 0.2) is 24.3 Å². The summed E-state index contributed by atoms with van der Waals surface area (Å²) >= 11 is 0. The van der Waals surface area contributed by atoms with E-state index in [1.807, 2.05) is 12.1 Å². The molecule has 0 aromatic heterocycles. The number of benzene rings is 1. The van der Waals surface area contributed by atoms with E-state index in [4.69, 9.17) is 5.73 Å². The molecule has 2 nitrogen and oxygen atoms in total. The van der Waals surface area contributed by atoms with Crippen molar-refractivity contribution < 1.29 is 0 Å². The van der Waals surface area contributed by atoms with Crippen LogP contribution in [0.3, 0.4) is 0 Å². The van der Waals surface area contributed by atoms with E-state index in [1.54, 1.807) is 0 Å². The molecule has 0 radical (unpaired) electrons. The van der Waals surface area contributed by atoms with Crippen LogP contribution in [0.5, 0.6) is 0 Å². The first-order valence-corrected chi connectivity index (χ1v) is 7.74. The van der Waals surface area contributed by atoms with Gasteiger partial charge in [-0.2, -0.15) is 0 Å². The lowest BCUT2D eigenvalue weighted by Gasteiger charge is -2.60. The van der Waals surface area contributed by atoms with Gasteiger partial charge in [0.05, 0.1) is 0 Å². The number of anilines is 2. The average molecular weight is 256 g/mol. The van der Waals surface area contributed by atoms with Gasteiger partial charge in [-0.1, -0.05) is 0 Å². The van der Waals surface area contributed by atoms with Gasteiger partial charge >= 0.3 is 0 Å². The quantitative estimate of drug-likeness (QED) is 0.818. The lowest BCUT2D eigenvalue weighted by molar-refractivity contribution is -0.00200. The van der Waals surface area contributed by atoms with Gasteiger partial charge in [-0.05, 0) is 80.5 Å². The van der Waals surface area contributed by atoms with Crippen LogP contribution in [0, 0.1) is 17.8 Å². The second-order valence-electron chi connectivity index (χ2n) is 7.29. The third-order valence-electron chi connectivity index (χ3n) is 6.00. The van der Waals surface area contributed by atoms with Crippen molar-refractivity contribution >= 4 is 11.4 Å². The highest BCUT2D eigenvalue weighted by Gasteiger charge is 2.52. The molecule has 0 heterocycles. The minimum atomic E-state index is 0.449. The monoisotopic (exact) mass is 256 g/mol. The summed E-state index contributed by atoms with van der Waals surface area (Å²) in [6.07, 6.45) is 8.78. The molecule has 0 amide bonds. The fourth-order valence-electron chi connectivity index (χ4n) is 5.45. The van der Waals surface area contributed by atoms with Crippen molar-refractivity contribution in [1.29, 1.82) is 0 Å². The van der Waals surface area contributed by atoms with Gasteiger partial charge < -0.3 is 10.6 Å². The third-order valence-corrected chi connectivity index (χ3v) is 6.00. The van der Waals surface area contributed by atoms with Crippen molar-refractivity contribution in [2.45, 2.75) is 44.1 Å². The van der Waals surface area contributed by atoms with Gasteiger partial charge in [-0.15, -0.1) is 0 Å². The topological polar surface area (TPSA) is 29.3 Å². The highest BCUT2D eigenvalue weighted by Crippen LogP contribution is 2.58. The van der Waals surface area contributed by atoms with Crippen molar-refractivity contribution in [2.24, 2.45) is 17.8 Å². The number of hydrogen-bond donors (Lipinski definition) is 1. The largest absolute Gasteiger partial charge is 0.399 e. The lowest BCUT2D eigenvalue weighted by atomic mass is 9.52. The first kappa shape index (κ1) is 11.6. The molecule has 4 saturated carbocycles. The van der Waals surface area contributed by atoms with Crippen molar-refractivity contribution in [3.63, 3.8) is 0 Å². The summed E-state index contributed by atoms with van der Waals surface area (Å²) < 4.78 is 0. The molecule has 0 atom stereocenters. The van der Waals surface area contributed by atoms with E-state index < -0.39 is 0 Å². The molecule has 0 unspecified atom stereocenters. The molecule has 0 saturated heterocycles. The van der Waals surface area contributed by atoms with Gasteiger partial charge in [0.2, 0.25) is 0 Å². The van der Waals surface area contributed by atoms with E-state index in [-0.39, 0.29) is 0 Å². The van der Waals surface area contributed by atoms with E-state index in [9.17, 15) is 0 Å². The number of nitrogen functional groups attached to an aromatic ring is 1. The molecule has 0 spiro atoms. The SMILES string of the molecule is CN(c1ccc(N)cc1)C12CC3CC(CC(C3)C1)C2. The Hall–Kier alpha value is -1.18. The fourth-order valence-corrected chi connectivity index (χ4v) is 5.45. The van der Waals surface area contributed by atoms with Gasteiger partial charge in [-0.3, -0.25) is 0 Å². The zero-order valence-corrected chi connectivity index (χ0v) is 11.8. The highest BCUT2D eigenvalue weighted by atomic mass is 15.2. The normalized spacial score (nSPS) is 39.5. The summed E-state index contributed by atoms with van der Waals surface area (Å²) in [6.45, 7) is 0. The molecule has 4 aliphatic rings. The number of hydrogen-bond acceptors (Lipinski definition) is 2. The Bertz CT molecular complexity index is 441. The number of nitrogens with zero attached hydrogens (tertiary/aromatic N) is 1. The highest BCUT2D eigenvalue weighted by molar-refractivity contribution is 5.54. The van der Waals surface area contributed by atoms with Crippen LogP contribution < -0.4 is 10.6 Å². The minimum absolute atomic E-state index is 0.449. The van der Waals surface area contributed by atoms with Crippen molar-refractivity contribution in [2.75, 3.05) is 17.7 Å². The molecule has 2 N–H and O–H groups in total. The third kappa shape index (κ3) is 1.76. The van der Waals surface area contributed by atoms with Gasteiger partial charge in [0.15, 0.2) is 0 Å². The predicted molar refractivity (Wildman–Crippen MR) is 80.2 cm³/mol. The van der Waals surface area contributed by atoms with E-state index in [0.717, 1.165) is 23.4 Å². The van der Waals surface area contributed by atoms with E-state index in [2.05, 4.69) is 24.1 Å². The van der Waals surface area contributed by atoms with E-state index in [0.29, 0.717) is 5.54 Å². The molecular weight excluding hydrogens is 232 g/mol. The summed E-state index contributed by atoms with van der Waals surface area (Å²) in [5.41, 5.74) is 8.47. The molecular formula is C17H24N2. The van der Waals surface area contributed by atoms with Crippen LogP contribution in [0.4, 0.5) is 11.4 Å². The summed E-state index contributed by atoms with van der Waals surface area (Å²) in [5, 5.41) is 0. The maximum absolute atomic E-state index is 5.81. The minimum Gasteiger partial charge on any atom is -0.399 e. The zero-order chi connectivity index (χ0) is 13.0. The molecule has 1 aromatic rings. The molecule has 5 rings (SSSR count). The summed E-state index contributed by atoms with van der Waals surface area (Å²) in [7, 11) is 2.30. The molecule has 0 aliphatic heterocycles. The molecule has 102 valence electrons. The Labute approximate surface area is 116 Å². The van der Waals surface area contributed by atoms with Crippen LogP contribution >= 0.6 is 0 Å².